The standard InChI is InChI=1S/C29H28ClNO4/c1-3-34-28-18-21(11-12-27(28)30)22-15-23(29(32)33)17-24(16-22)35-14-13-31-19(2)25-10-6-8-20-7-4-5-9-26(20)25/h4-12,15-19,31H,3,13-14H2,1-2H3,(H,32,33). The predicted molar refractivity (Wildman–Crippen MR) is 141 cm³/mol. The molecule has 0 fully saturated rings. The second kappa shape index (κ2) is 11.3. The van der Waals surface area contributed by atoms with Crippen LogP contribution in [0.5, 0.6) is 11.5 Å². The number of carboxylic acids is 1. The van der Waals surface area contributed by atoms with Crippen LogP contribution in [0, 0.1) is 0 Å². The number of carbonyl (C=O) groups is 1. The largest absolute Gasteiger partial charge is 0.492 e. The van der Waals surface area contributed by atoms with Crippen molar-refractivity contribution in [3.05, 3.63) is 95.0 Å². The van der Waals surface area contributed by atoms with Crippen molar-refractivity contribution in [1.29, 1.82) is 0 Å². The van der Waals surface area contributed by atoms with Gasteiger partial charge in [-0.3, -0.25) is 0 Å². The minimum atomic E-state index is -1.02. The summed E-state index contributed by atoms with van der Waals surface area (Å²) in [6, 6.07) is 25.2. The quantitative estimate of drug-likeness (QED) is 0.235. The highest BCUT2D eigenvalue weighted by atomic mass is 35.5. The molecule has 0 aromatic heterocycles. The molecule has 0 bridgehead atoms. The summed E-state index contributed by atoms with van der Waals surface area (Å²) in [5, 5.41) is 16.1. The van der Waals surface area contributed by atoms with Crippen LogP contribution in [0.15, 0.2) is 78.9 Å². The Kier molecular flexibility index (Phi) is 7.91. The number of nitrogens with one attached hydrogen (secondary N) is 1. The molecule has 1 atom stereocenters. The monoisotopic (exact) mass is 489 g/mol. The molecule has 5 nitrogen and oxygen atoms in total. The molecule has 0 saturated carbocycles. The molecule has 0 saturated heterocycles. The summed E-state index contributed by atoms with van der Waals surface area (Å²) in [6.45, 7) is 5.49. The number of rotatable bonds is 10. The molecule has 1 unspecified atom stereocenters. The van der Waals surface area contributed by atoms with E-state index in [0.717, 1.165) is 11.1 Å². The highest BCUT2D eigenvalue weighted by Gasteiger charge is 2.12. The Hall–Kier alpha value is -3.54. The maximum absolute atomic E-state index is 11.7. The van der Waals surface area contributed by atoms with E-state index in [4.69, 9.17) is 21.1 Å². The summed E-state index contributed by atoms with van der Waals surface area (Å²) in [5.41, 5.74) is 2.90. The molecule has 180 valence electrons. The maximum atomic E-state index is 11.7. The molecule has 4 rings (SSSR count). The first kappa shape index (κ1) is 24.6. The van der Waals surface area contributed by atoms with Gasteiger partial charge in [0.05, 0.1) is 17.2 Å². The van der Waals surface area contributed by atoms with Gasteiger partial charge in [-0.25, -0.2) is 4.79 Å². The van der Waals surface area contributed by atoms with Gasteiger partial charge in [-0.2, -0.15) is 0 Å². The fourth-order valence-corrected chi connectivity index (χ4v) is 4.28. The van der Waals surface area contributed by atoms with E-state index < -0.39 is 5.97 Å². The van der Waals surface area contributed by atoms with Gasteiger partial charge in [0.25, 0.3) is 0 Å². The Morgan fingerprint density at radius 3 is 2.57 bits per heavy atom. The Morgan fingerprint density at radius 2 is 1.77 bits per heavy atom. The minimum absolute atomic E-state index is 0.136. The highest BCUT2D eigenvalue weighted by molar-refractivity contribution is 6.32. The van der Waals surface area contributed by atoms with E-state index in [0.29, 0.717) is 36.3 Å². The van der Waals surface area contributed by atoms with Crippen molar-refractivity contribution < 1.29 is 19.4 Å². The van der Waals surface area contributed by atoms with Gasteiger partial charge in [0, 0.05) is 12.6 Å². The first-order valence-electron chi connectivity index (χ1n) is 11.6. The van der Waals surface area contributed by atoms with Crippen LogP contribution in [0.2, 0.25) is 5.02 Å². The van der Waals surface area contributed by atoms with Crippen LogP contribution in [0.25, 0.3) is 21.9 Å². The lowest BCUT2D eigenvalue weighted by atomic mass is 10.00. The average Bonchev–Trinajstić information content (AvgIpc) is 2.87. The van der Waals surface area contributed by atoms with Gasteiger partial charge < -0.3 is 19.9 Å². The van der Waals surface area contributed by atoms with Crippen molar-refractivity contribution in [1.82, 2.24) is 5.32 Å². The molecule has 0 radical (unpaired) electrons. The van der Waals surface area contributed by atoms with E-state index >= 15 is 0 Å². The van der Waals surface area contributed by atoms with Crippen LogP contribution >= 0.6 is 11.6 Å². The molecule has 35 heavy (non-hydrogen) atoms. The van der Waals surface area contributed by atoms with Gasteiger partial charge in [0.2, 0.25) is 0 Å². The van der Waals surface area contributed by atoms with Crippen molar-refractivity contribution in [2.24, 2.45) is 0 Å². The molecular weight excluding hydrogens is 462 g/mol. The molecular formula is C29H28ClNO4. The molecule has 0 spiro atoms. The Bertz CT molecular complexity index is 1330. The van der Waals surface area contributed by atoms with E-state index in [1.165, 1.54) is 16.3 Å². The Morgan fingerprint density at radius 1 is 0.971 bits per heavy atom. The SMILES string of the molecule is CCOc1cc(-c2cc(OCCNC(C)c3cccc4ccccc34)cc(C(=O)O)c2)ccc1Cl. The number of halogens is 1. The Balaban J connectivity index is 1.46. The number of hydrogen-bond acceptors (Lipinski definition) is 4. The Labute approximate surface area is 210 Å². The van der Waals surface area contributed by atoms with E-state index in [9.17, 15) is 9.90 Å². The summed E-state index contributed by atoms with van der Waals surface area (Å²) in [4.78, 5) is 11.7. The first-order chi connectivity index (χ1) is 17.0. The average molecular weight is 490 g/mol. The van der Waals surface area contributed by atoms with Gasteiger partial charge in [-0.05, 0) is 71.6 Å². The normalized spacial score (nSPS) is 11.9. The maximum Gasteiger partial charge on any atom is 0.335 e. The molecule has 0 aliphatic carbocycles. The van der Waals surface area contributed by atoms with Crippen molar-refractivity contribution in [2.75, 3.05) is 19.8 Å². The molecule has 0 aliphatic heterocycles. The molecule has 4 aromatic carbocycles. The van der Waals surface area contributed by atoms with Crippen LogP contribution in [-0.2, 0) is 0 Å². The third-order valence-electron chi connectivity index (χ3n) is 5.83. The smallest absolute Gasteiger partial charge is 0.335 e. The number of fused-ring (bicyclic) bond motifs is 1. The zero-order chi connectivity index (χ0) is 24.8. The van der Waals surface area contributed by atoms with Gasteiger partial charge >= 0.3 is 5.97 Å². The van der Waals surface area contributed by atoms with Gasteiger partial charge in [-0.15, -0.1) is 0 Å². The topological polar surface area (TPSA) is 67.8 Å². The summed E-state index contributed by atoms with van der Waals surface area (Å²) in [5.74, 6) is 0.0345. The van der Waals surface area contributed by atoms with E-state index in [1.807, 2.05) is 37.3 Å². The molecule has 2 N–H and O–H groups in total. The van der Waals surface area contributed by atoms with Crippen molar-refractivity contribution in [2.45, 2.75) is 19.9 Å². The fraction of sp³-hybridized carbons (Fsp3) is 0.207. The lowest BCUT2D eigenvalue weighted by Crippen LogP contribution is -2.24. The molecule has 0 heterocycles. The number of ether oxygens (including phenoxy) is 2. The zero-order valence-electron chi connectivity index (χ0n) is 19.8. The summed E-state index contributed by atoms with van der Waals surface area (Å²) in [7, 11) is 0. The van der Waals surface area contributed by atoms with Gasteiger partial charge in [-0.1, -0.05) is 60.1 Å². The third kappa shape index (κ3) is 5.94. The van der Waals surface area contributed by atoms with Crippen LogP contribution < -0.4 is 14.8 Å². The highest BCUT2D eigenvalue weighted by Crippen LogP contribution is 2.33. The number of benzene rings is 4. The van der Waals surface area contributed by atoms with E-state index in [1.54, 1.807) is 18.2 Å². The van der Waals surface area contributed by atoms with Crippen molar-refractivity contribution in [3.8, 4) is 22.6 Å². The van der Waals surface area contributed by atoms with Crippen LogP contribution in [-0.4, -0.2) is 30.8 Å². The van der Waals surface area contributed by atoms with Crippen LogP contribution in [0.1, 0.15) is 35.8 Å². The van der Waals surface area contributed by atoms with Crippen LogP contribution in [0.4, 0.5) is 0 Å². The molecule has 0 aliphatic rings. The molecule has 4 aromatic rings. The number of carboxylic acid groups (broad SMARTS) is 1. The van der Waals surface area contributed by atoms with Gasteiger partial charge in [0.15, 0.2) is 0 Å². The number of aromatic carboxylic acids is 1. The number of hydrogen-bond donors (Lipinski definition) is 2. The van der Waals surface area contributed by atoms with Crippen molar-refractivity contribution >= 4 is 28.3 Å². The summed E-state index contributed by atoms with van der Waals surface area (Å²) >= 11 is 6.21. The lowest BCUT2D eigenvalue weighted by Gasteiger charge is -2.17. The second-order valence-electron chi connectivity index (χ2n) is 8.22. The molecule has 0 amide bonds. The van der Waals surface area contributed by atoms with Crippen LogP contribution in [0.3, 0.4) is 0 Å². The fourth-order valence-electron chi connectivity index (χ4n) is 4.10. The lowest BCUT2D eigenvalue weighted by molar-refractivity contribution is 0.0696. The van der Waals surface area contributed by atoms with Crippen molar-refractivity contribution in [3.63, 3.8) is 0 Å². The minimum Gasteiger partial charge on any atom is -0.492 e. The summed E-state index contributed by atoms with van der Waals surface area (Å²) < 4.78 is 11.5. The van der Waals surface area contributed by atoms with E-state index in [-0.39, 0.29) is 11.6 Å². The van der Waals surface area contributed by atoms with E-state index in [2.05, 4.69) is 42.6 Å². The zero-order valence-corrected chi connectivity index (χ0v) is 20.5. The third-order valence-corrected chi connectivity index (χ3v) is 6.14. The summed E-state index contributed by atoms with van der Waals surface area (Å²) in [6.07, 6.45) is 0. The van der Waals surface area contributed by atoms with Gasteiger partial charge in [0.1, 0.15) is 18.1 Å². The molecule has 6 heteroatoms. The predicted octanol–water partition coefficient (Wildman–Crippen LogP) is 6.99. The second-order valence-corrected chi connectivity index (χ2v) is 8.63. The first-order valence-corrected chi connectivity index (χ1v) is 12.0.